The SMILES string of the molecule is CCc1ccc2nc(NC(=O)c3ccc(N4CCOCC4)nc3)sc2c1. The lowest BCUT2D eigenvalue weighted by molar-refractivity contribution is 0.102. The minimum Gasteiger partial charge on any atom is -0.378 e. The molecule has 1 saturated heterocycles. The van der Waals surface area contributed by atoms with Crippen LogP contribution in [-0.4, -0.2) is 42.2 Å². The molecule has 1 aliphatic heterocycles. The largest absolute Gasteiger partial charge is 0.378 e. The normalized spacial score (nSPS) is 14.6. The lowest BCUT2D eigenvalue weighted by atomic mass is 10.2. The second-order valence-corrected chi connectivity index (χ2v) is 7.16. The van der Waals surface area contributed by atoms with Crippen LogP contribution in [-0.2, 0) is 11.2 Å². The number of carbonyl (C=O) groups excluding carboxylic acids is 1. The fraction of sp³-hybridized carbons (Fsp3) is 0.316. The minimum absolute atomic E-state index is 0.194. The van der Waals surface area contributed by atoms with Crippen LogP contribution in [0.2, 0.25) is 0 Å². The van der Waals surface area contributed by atoms with Gasteiger partial charge >= 0.3 is 0 Å². The standard InChI is InChI=1S/C19H20N4O2S/c1-2-13-3-5-15-16(11-13)26-19(21-15)22-18(24)14-4-6-17(20-12-14)23-7-9-25-10-8-23/h3-6,11-12H,2,7-10H2,1H3,(H,21,22,24). The highest BCUT2D eigenvalue weighted by atomic mass is 32.1. The van der Waals surface area contributed by atoms with Gasteiger partial charge in [0.25, 0.3) is 5.91 Å². The van der Waals surface area contributed by atoms with Crippen molar-refractivity contribution < 1.29 is 9.53 Å². The van der Waals surface area contributed by atoms with Crippen LogP contribution in [0.3, 0.4) is 0 Å². The zero-order valence-electron chi connectivity index (χ0n) is 14.6. The Kier molecular flexibility index (Phi) is 4.81. The van der Waals surface area contributed by atoms with Crippen molar-refractivity contribution in [3.8, 4) is 0 Å². The number of aryl methyl sites for hydroxylation is 1. The summed E-state index contributed by atoms with van der Waals surface area (Å²) in [4.78, 5) is 23.6. The van der Waals surface area contributed by atoms with Gasteiger partial charge in [-0.2, -0.15) is 0 Å². The number of hydrogen-bond acceptors (Lipinski definition) is 6. The van der Waals surface area contributed by atoms with Crippen molar-refractivity contribution in [3.05, 3.63) is 47.7 Å². The molecule has 3 aromatic rings. The predicted octanol–water partition coefficient (Wildman–Crippen LogP) is 3.34. The average molecular weight is 368 g/mol. The van der Waals surface area contributed by atoms with Crippen molar-refractivity contribution in [1.29, 1.82) is 0 Å². The monoisotopic (exact) mass is 368 g/mol. The zero-order chi connectivity index (χ0) is 17.9. The highest BCUT2D eigenvalue weighted by Crippen LogP contribution is 2.27. The molecule has 0 saturated carbocycles. The van der Waals surface area contributed by atoms with E-state index in [1.807, 2.05) is 12.1 Å². The Morgan fingerprint density at radius 2 is 2.12 bits per heavy atom. The molecule has 6 nitrogen and oxygen atoms in total. The number of fused-ring (bicyclic) bond motifs is 1. The number of benzene rings is 1. The van der Waals surface area contributed by atoms with Gasteiger partial charge in [0.2, 0.25) is 0 Å². The number of ether oxygens (including phenoxy) is 1. The molecule has 3 heterocycles. The van der Waals surface area contributed by atoms with Crippen LogP contribution in [0.4, 0.5) is 10.9 Å². The Hall–Kier alpha value is -2.51. The molecule has 1 N–H and O–H groups in total. The fourth-order valence-corrected chi connectivity index (χ4v) is 3.84. The molecule has 1 aromatic carbocycles. The first-order chi connectivity index (χ1) is 12.7. The number of amides is 1. The van der Waals surface area contributed by atoms with Crippen molar-refractivity contribution in [1.82, 2.24) is 9.97 Å². The Morgan fingerprint density at radius 1 is 1.27 bits per heavy atom. The topological polar surface area (TPSA) is 67.4 Å². The van der Waals surface area contributed by atoms with E-state index < -0.39 is 0 Å². The molecule has 134 valence electrons. The summed E-state index contributed by atoms with van der Waals surface area (Å²) in [5.41, 5.74) is 2.70. The second-order valence-electron chi connectivity index (χ2n) is 6.13. The third-order valence-electron chi connectivity index (χ3n) is 4.43. The first-order valence-corrected chi connectivity index (χ1v) is 9.54. The first-order valence-electron chi connectivity index (χ1n) is 8.72. The van der Waals surface area contributed by atoms with Gasteiger partial charge in [-0.3, -0.25) is 10.1 Å². The predicted molar refractivity (Wildman–Crippen MR) is 104 cm³/mol. The van der Waals surface area contributed by atoms with Gasteiger partial charge in [0.05, 0.1) is 29.0 Å². The lowest BCUT2D eigenvalue weighted by Crippen LogP contribution is -2.36. The van der Waals surface area contributed by atoms with Crippen molar-refractivity contribution in [2.24, 2.45) is 0 Å². The van der Waals surface area contributed by atoms with Crippen LogP contribution in [0, 0.1) is 0 Å². The van der Waals surface area contributed by atoms with E-state index in [-0.39, 0.29) is 5.91 Å². The molecule has 1 aliphatic rings. The van der Waals surface area contributed by atoms with E-state index in [1.54, 1.807) is 12.3 Å². The Morgan fingerprint density at radius 3 is 2.85 bits per heavy atom. The summed E-state index contributed by atoms with van der Waals surface area (Å²) in [6.07, 6.45) is 2.60. The smallest absolute Gasteiger partial charge is 0.259 e. The van der Waals surface area contributed by atoms with Gasteiger partial charge in [-0.05, 0) is 36.2 Å². The maximum atomic E-state index is 12.5. The summed E-state index contributed by atoms with van der Waals surface area (Å²) in [6.45, 7) is 5.19. The van der Waals surface area contributed by atoms with Gasteiger partial charge in [0, 0.05) is 19.3 Å². The van der Waals surface area contributed by atoms with E-state index >= 15 is 0 Å². The molecule has 0 atom stereocenters. The molecule has 0 radical (unpaired) electrons. The Balaban J connectivity index is 1.47. The van der Waals surface area contributed by atoms with Crippen molar-refractivity contribution in [2.45, 2.75) is 13.3 Å². The number of anilines is 2. The highest BCUT2D eigenvalue weighted by Gasteiger charge is 2.14. The molecule has 26 heavy (non-hydrogen) atoms. The molecule has 2 aromatic heterocycles. The molecule has 0 bridgehead atoms. The third kappa shape index (κ3) is 3.54. The average Bonchev–Trinajstić information content (AvgIpc) is 3.10. The van der Waals surface area contributed by atoms with Crippen LogP contribution in [0.15, 0.2) is 36.5 Å². The summed E-state index contributed by atoms with van der Waals surface area (Å²) in [7, 11) is 0. The van der Waals surface area contributed by atoms with Crippen LogP contribution < -0.4 is 10.2 Å². The Labute approximate surface area is 155 Å². The molecule has 1 amide bonds. The van der Waals surface area contributed by atoms with Crippen LogP contribution in [0.5, 0.6) is 0 Å². The van der Waals surface area contributed by atoms with Gasteiger partial charge in [-0.15, -0.1) is 0 Å². The van der Waals surface area contributed by atoms with Gasteiger partial charge in [0.15, 0.2) is 5.13 Å². The number of nitrogens with zero attached hydrogens (tertiary/aromatic N) is 3. The van der Waals surface area contributed by atoms with Crippen molar-refractivity contribution >= 4 is 38.4 Å². The van der Waals surface area contributed by atoms with Crippen LogP contribution in [0.1, 0.15) is 22.8 Å². The third-order valence-corrected chi connectivity index (χ3v) is 5.36. The van der Waals surface area contributed by atoms with Crippen LogP contribution in [0.25, 0.3) is 10.2 Å². The number of nitrogens with one attached hydrogen (secondary N) is 1. The number of carbonyl (C=O) groups is 1. The van der Waals surface area contributed by atoms with E-state index in [2.05, 4.69) is 39.2 Å². The number of morpholine rings is 1. The maximum Gasteiger partial charge on any atom is 0.259 e. The van der Waals surface area contributed by atoms with E-state index in [9.17, 15) is 4.79 Å². The summed E-state index contributed by atoms with van der Waals surface area (Å²) in [5.74, 6) is 0.678. The maximum absolute atomic E-state index is 12.5. The number of thiazole rings is 1. The van der Waals surface area contributed by atoms with Gasteiger partial charge in [-0.25, -0.2) is 9.97 Å². The molecule has 1 fully saturated rings. The molecule has 0 unspecified atom stereocenters. The number of pyridine rings is 1. The quantitative estimate of drug-likeness (QED) is 0.765. The molecular weight excluding hydrogens is 348 g/mol. The van der Waals surface area contributed by atoms with E-state index in [0.717, 1.165) is 35.5 Å². The zero-order valence-corrected chi connectivity index (χ0v) is 15.4. The van der Waals surface area contributed by atoms with E-state index in [1.165, 1.54) is 16.9 Å². The number of hydrogen-bond donors (Lipinski definition) is 1. The highest BCUT2D eigenvalue weighted by molar-refractivity contribution is 7.22. The summed E-state index contributed by atoms with van der Waals surface area (Å²) >= 11 is 1.49. The van der Waals surface area contributed by atoms with Crippen molar-refractivity contribution in [2.75, 3.05) is 36.5 Å². The second kappa shape index (κ2) is 7.39. The van der Waals surface area contributed by atoms with Crippen LogP contribution >= 0.6 is 11.3 Å². The van der Waals surface area contributed by atoms with E-state index in [0.29, 0.717) is 23.9 Å². The first kappa shape index (κ1) is 16.9. The molecule has 0 aliphatic carbocycles. The molecule has 0 spiro atoms. The summed E-state index contributed by atoms with van der Waals surface area (Å²) in [5, 5.41) is 3.49. The van der Waals surface area contributed by atoms with E-state index in [4.69, 9.17) is 4.74 Å². The number of aromatic nitrogens is 2. The minimum atomic E-state index is -0.194. The molecule has 4 rings (SSSR count). The Bertz CT molecular complexity index is 917. The van der Waals surface area contributed by atoms with Gasteiger partial charge in [-0.1, -0.05) is 24.3 Å². The summed E-state index contributed by atoms with van der Waals surface area (Å²) < 4.78 is 6.43. The number of rotatable bonds is 4. The fourth-order valence-electron chi connectivity index (χ4n) is 2.91. The summed E-state index contributed by atoms with van der Waals surface area (Å²) in [6, 6.07) is 9.88. The lowest BCUT2D eigenvalue weighted by Gasteiger charge is -2.27. The molecular formula is C19H20N4O2S. The van der Waals surface area contributed by atoms with Crippen molar-refractivity contribution in [3.63, 3.8) is 0 Å². The molecule has 7 heteroatoms. The van der Waals surface area contributed by atoms with Gasteiger partial charge in [0.1, 0.15) is 5.82 Å². The van der Waals surface area contributed by atoms with Gasteiger partial charge < -0.3 is 9.64 Å².